The first-order chi connectivity index (χ1) is 26.1. The first-order valence-corrected chi connectivity index (χ1v) is 21.7. The normalized spacial score (nSPS) is 12.4. The second-order valence-electron chi connectivity index (χ2n) is 12.3. The maximum atomic E-state index is 13.2. The number of rotatable bonds is 10. The van der Waals surface area contributed by atoms with Gasteiger partial charge in [-0.1, -0.05) is 24.3 Å². The molecule has 0 saturated carbocycles. The highest BCUT2D eigenvalue weighted by Gasteiger charge is 2.27. The van der Waals surface area contributed by atoms with Gasteiger partial charge < -0.3 is 20.8 Å². The molecule has 0 aliphatic carbocycles. The van der Waals surface area contributed by atoms with Crippen molar-refractivity contribution in [1.82, 2.24) is 9.44 Å². The molecule has 0 fully saturated rings. The van der Waals surface area contributed by atoms with Gasteiger partial charge in [-0.15, -0.1) is 0 Å². The number of phenols is 2. The zero-order valence-electron chi connectivity index (χ0n) is 28.8. The molecule has 2 amide bonds. The Balaban J connectivity index is 1.21. The number of sulfonamides is 2. The van der Waals surface area contributed by atoms with Crippen LogP contribution in [0.1, 0.15) is 11.1 Å². The minimum Gasteiger partial charge on any atom is -0.507 e. The van der Waals surface area contributed by atoms with E-state index in [0.717, 1.165) is 24.3 Å². The van der Waals surface area contributed by atoms with E-state index in [9.17, 15) is 57.8 Å². The largest absolute Gasteiger partial charge is 0.507 e. The summed E-state index contributed by atoms with van der Waals surface area (Å²) in [5.74, 6) is -0.339. The quantitative estimate of drug-likeness (QED) is 0.0804. The maximum absolute atomic E-state index is 13.2. The Kier molecular flexibility index (Phi) is 10.1. The molecule has 0 aliphatic rings. The van der Waals surface area contributed by atoms with Gasteiger partial charge in [-0.05, 0) is 97.8 Å². The molecule has 0 atom stereocenters. The third-order valence-corrected chi connectivity index (χ3v) is 13.3. The average Bonchev–Trinajstić information content (AvgIpc) is 3.07. The predicted molar refractivity (Wildman–Crippen MR) is 206 cm³/mol. The zero-order chi connectivity index (χ0) is 41.0. The number of anilines is 4. The van der Waals surface area contributed by atoms with Crippen LogP contribution in [-0.4, -0.2) is 59.0 Å². The highest BCUT2D eigenvalue weighted by molar-refractivity contribution is 7.91. The van der Waals surface area contributed by atoms with Crippen molar-refractivity contribution in [3.8, 4) is 11.5 Å². The Morgan fingerprint density at radius 2 is 0.839 bits per heavy atom. The van der Waals surface area contributed by atoms with E-state index in [1.54, 1.807) is 9.44 Å². The van der Waals surface area contributed by atoms with Crippen LogP contribution in [0.3, 0.4) is 0 Å². The van der Waals surface area contributed by atoms with Crippen molar-refractivity contribution in [2.45, 2.75) is 33.4 Å². The molecule has 8 N–H and O–H groups in total. The van der Waals surface area contributed by atoms with Crippen LogP contribution >= 0.6 is 0 Å². The number of aromatic hydroxyl groups is 2. The lowest BCUT2D eigenvalue weighted by Crippen LogP contribution is -2.42. The fourth-order valence-electron chi connectivity index (χ4n) is 6.05. The van der Waals surface area contributed by atoms with E-state index in [1.165, 1.54) is 86.6 Å². The van der Waals surface area contributed by atoms with Gasteiger partial charge in [0.1, 0.15) is 21.3 Å². The van der Waals surface area contributed by atoms with Crippen molar-refractivity contribution in [3.63, 3.8) is 0 Å². The van der Waals surface area contributed by atoms with E-state index in [2.05, 4.69) is 10.6 Å². The number of hydrogen-bond acceptors (Lipinski definition) is 13. The molecular formula is C35H30N4O13S4. The minimum atomic E-state index is -4.76. The number of hydrogen-bond donors (Lipinski definition) is 8. The van der Waals surface area contributed by atoms with Gasteiger partial charge in [0, 0.05) is 32.9 Å². The molecule has 6 rings (SSSR count). The summed E-state index contributed by atoms with van der Waals surface area (Å²) >= 11 is 0. The van der Waals surface area contributed by atoms with Crippen molar-refractivity contribution in [2.75, 3.05) is 10.6 Å². The van der Waals surface area contributed by atoms with Crippen LogP contribution < -0.4 is 20.1 Å². The number of aryl methyl sites for hydroxylation is 2. The van der Waals surface area contributed by atoms with Crippen molar-refractivity contribution in [1.29, 1.82) is 0 Å². The molecule has 0 spiro atoms. The lowest BCUT2D eigenvalue weighted by molar-refractivity contribution is 0.250. The van der Waals surface area contributed by atoms with Crippen LogP contribution in [0.25, 0.3) is 21.5 Å². The Morgan fingerprint density at radius 1 is 0.482 bits per heavy atom. The van der Waals surface area contributed by atoms with Gasteiger partial charge in [0.05, 0.1) is 21.2 Å². The second-order valence-corrected chi connectivity index (χ2v) is 18.4. The fraction of sp³-hybridized carbons (Fsp3) is 0.0571. The Labute approximate surface area is 320 Å². The molecule has 0 unspecified atom stereocenters. The molecule has 0 aliphatic heterocycles. The number of fused-ring (bicyclic) bond motifs is 2. The summed E-state index contributed by atoms with van der Waals surface area (Å²) in [7, 11) is -19.0. The molecule has 0 radical (unpaired) electrons. The van der Waals surface area contributed by atoms with Gasteiger partial charge in [0.15, 0.2) is 0 Å². The highest BCUT2D eigenvalue weighted by Crippen LogP contribution is 2.39. The maximum Gasteiger partial charge on any atom is 0.342 e. The predicted octanol–water partition coefficient (Wildman–Crippen LogP) is 5.38. The number of benzene rings is 6. The van der Waals surface area contributed by atoms with Crippen LogP contribution in [-0.2, 0) is 40.3 Å². The number of nitrogens with one attached hydrogen (secondary N) is 4. The molecule has 0 aromatic heterocycles. The summed E-state index contributed by atoms with van der Waals surface area (Å²) in [6, 6.07) is 18.9. The van der Waals surface area contributed by atoms with Gasteiger partial charge in [-0.25, -0.2) is 31.1 Å². The third-order valence-electron chi connectivity index (χ3n) is 8.48. The second kappa shape index (κ2) is 14.3. The third kappa shape index (κ3) is 7.89. The SMILES string of the molecule is Cc1cc(Nc2c(S(=O)(=O)O)ccc3c(O)cccc23)ccc1S(=O)(=O)NC(=O)NS(=O)(=O)c1ccc(Nc2c(S(=O)(=O)O)ccc3c(O)cccc23)cc1C. The van der Waals surface area contributed by atoms with Crippen LogP contribution in [0.2, 0.25) is 0 Å². The van der Waals surface area contributed by atoms with Crippen LogP contribution in [0.4, 0.5) is 27.5 Å². The van der Waals surface area contributed by atoms with Gasteiger partial charge in [-0.3, -0.25) is 9.11 Å². The monoisotopic (exact) mass is 842 g/mol. The van der Waals surface area contributed by atoms with E-state index in [1.807, 2.05) is 0 Å². The number of carbonyl (C=O) groups is 1. The van der Waals surface area contributed by atoms with E-state index in [-0.39, 0.29) is 66.9 Å². The number of urea groups is 1. The van der Waals surface area contributed by atoms with E-state index in [4.69, 9.17) is 0 Å². The topological polar surface area (TPSA) is 283 Å². The van der Waals surface area contributed by atoms with Crippen LogP contribution in [0.15, 0.2) is 117 Å². The Bertz CT molecular complexity index is 2880. The molecule has 0 saturated heterocycles. The number of carbonyl (C=O) groups excluding carboxylic acids is 1. The first kappa shape index (κ1) is 39.7. The Morgan fingerprint density at radius 3 is 1.18 bits per heavy atom. The zero-order valence-corrected chi connectivity index (χ0v) is 32.1. The van der Waals surface area contributed by atoms with Crippen LogP contribution in [0, 0.1) is 13.8 Å². The first-order valence-electron chi connectivity index (χ1n) is 15.9. The van der Waals surface area contributed by atoms with Gasteiger partial charge in [0.2, 0.25) is 0 Å². The van der Waals surface area contributed by atoms with E-state index in [0.29, 0.717) is 0 Å². The summed E-state index contributed by atoms with van der Waals surface area (Å²) in [6.07, 6.45) is 0. The van der Waals surface area contributed by atoms with Crippen molar-refractivity contribution < 1.29 is 57.8 Å². The van der Waals surface area contributed by atoms with Gasteiger partial charge in [0.25, 0.3) is 40.3 Å². The lowest BCUT2D eigenvalue weighted by Gasteiger charge is -2.17. The van der Waals surface area contributed by atoms with E-state index < -0.39 is 65.9 Å². The van der Waals surface area contributed by atoms with Crippen LogP contribution in [0.5, 0.6) is 11.5 Å². The minimum absolute atomic E-state index is 0.0344. The molecule has 56 heavy (non-hydrogen) atoms. The van der Waals surface area contributed by atoms with Gasteiger partial charge in [-0.2, -0.15) is 16.8 Å². The molecule has 0 bridgehead atoms. The summed E-state index contributed by atoms with van der Waals surface area (Å²) < 4.78 is 125. The summed E-state index contributed by atoms with van der Waals surface area (Å²) in [5.41, 5.74) is 0.133. The molecule has 6 aromatic carbocycles. The molecular weight excluding hydrogens is 813 g/mol. The molecule has 17 nitrogen and oxygen atoms in total. The number of phenolic OH excluding ortho intramolecular Hbond substituents is 2. The standard InChI is InChI=1S/C35H30N4O13S4/c1-19-17-21(36-33-25-5-3-7-27(40)23(25)11-15-31(33)55(47,48)49)9-13-29(19)53(43,44)38-35(42)39-54(45,46)30-14-10-22(18-20(30)2)37-34-26-6-4-8-28(41)24(26)12-16-32(34)56(50,51)52/h3-18,36-37,40-41H,1-2H3,(H2,38,39,42)(H,47,48,49)(H,50,51,52). The number of amides is 2. The fourth-order valence-corrected chi connectivity index (χ4v) is 9.70. The molecule has 0 heterocycles. The highest BCUT2D eigenvalue weighted by atomic mass is 32.2. The van der Waals surface area contributed by atoms with Gasteiger partial charge >= 0.3 is 6.03 Å². The molecule has 21 heteroatoms. The molecule has 6 aromatic rings. The Hall–Kier alpha value is -5.97. The average molecular weight is 843 g/mol. The van der Waals surface area contributed by atoms with E-state index >= 15 is 0 Å². The summed E-state index contributed by atoms with van der Waals surface area (Å²) in [6.45, 7) is 2.71. The summed E-state index contributed by atoms with van der Waals surface area (Å²) in [5, 5.41) is 27.1. The van der Waals surface area contributed by atoms with Crippen molar-refractivity contribution >= 4 is 90.6 Å². The van der Waals surface area contributed by atoms with Crippen molar-refractivity contribution in [3.05, 3.63) is 108 Å². The van der Waals surface area contributed by atoms with Crippen molar-refractivity contribution in [2.24, 2.45) is 0 Å². The lowest BCUT2D eigenvalue weighted by atomic mass is 10.1. The smallest absolute Gasteiger partial charge is 0.342 e. The summed E-state index contributed by atoms with van der Waals surface area (Å²) in [4.78, 5) is 10.9. The molecule has 292 valence electrons.